The van der Waals surface area contributed by atoms with E-state index in [0.29, 0.717) is 0 Å². The lowest BCUT2D eigenvalue weighted by Crippen LogP contribution is -2.50. The van der Waals surface area contributed by atoms with Gasteiger partial charge in [0.1, 0.15) is 11.2 Å². The highest BCUT2D eigenvalue weighted by molar-refractivity contribution is 6.04. The number of aliphatic hydroxyl groups is 2. The van der Waals surface area contributed by atoms with Gasteiger partial charge in [-0.15, -0.1) is 0 Å². The summed E-state index contributed by atoms with van der Waals surface area (Å²) in [7, 11) is 0. The molecule has 1 atom stereocenters. The molecule has 0 amide bonds. The van der Waals surface area contributed by atoms with Crippen LogP contribution in [-0.4, -0.2) is 34.4 Å². The van der Waals surface area contributed by atoms with E-state index in [9.17, 15) is 19.8 Å². The summed E-state index contributed by atoms with van der Waals surface area (Å²) in [4.78, 5) is 23.1. The molecule has 1 aliphatic carbocycles. The van der Waals surface area contributed by atoms with Crippen molar-refractivity contribution in [1.29, 1.82) is 0 Å². The van der Waals surface area contributed by atoms with Gasteiger partial charge in [-0.25, -0.2) is 0 Å². The Morgan fingerprint density at radius 3 is 2.67 bits per heavy atom. The molecule has 5 nitrogen and oxygen atoms in total. The average molecular weight is 216 g/mol. The predicted octanol–water partition coefficient (Wildman–Crippen LogP) is -0.0103. The van der Waals surface area contributed by atoms with Gasteiger partial charge in [-0.3, -0.25) is 9.59 Å². The van der Waals surface area contributed by atoms with Crippen LogP contribution in [0.1, 0.15) is 33.1 Å². The number of hydrogen-bond acceptors (Lipinski definition) is 5. The molecule has 1 aliphatic rings. The topological polar surface area (TPSA) is 83.8 Å². The van der Waals surface area contributed by atoms with Gasteiger partial charge >= 0.3 is 5.97 Å². The van der Waals surface area contributed by atoms with Crippen LogP contribution in [0.5, 0.6) is 0 Å². The third kappa shape index (κ3) is 2.35. The fraction of sp³-hybridized carbons (Fsp3) is 0.800. The molecular formula is C10H16O5. The van der Waals surface area contributed by atoms with Crippen molar-refractivity contribution >= 4 is 11.8 Å². The zero-order chi connectivity index (χ0) is 11.7. The Balaban J connectivity index is 2.88. The van der Waals surface area contributed by atoms with Gasteiger partial charge < -0.3 is 14.9 Å². The van der Waals surface area contributed by atoms with Crippen LogP contribution in [-0.2, 0) is 14.3 Å². The summed E-state index contributed by atoms with van der Waals surface area (Å²) < 4.78 is 4.77. The van der Waals surface area contributed by atoms with E-state index in [1.807, 2.05) is 0 Å². The van der Waals surface area contributed by atoms with Gasteiger partial charge in [0.25, 0.3) is 0 Å². The zero-order valence-corrected chi connectivity index (χ0v) is 8.95. The summed E-state index contributed by atoms with van der Waals surface area (Å²) in [5, 5.41) is 18.9. The lowest BCUT2D eigenvalue weighted by atomic mass is 9.72. The molecule has 1 rings (SSSR count). The first-order valence-corrected chi connectivity index (χ1v) is 4.97. The highest BCUT2D eigenvalue weighted by Crippen LogP contribution is 2.38. The van der Waals surface area contributed by atoms with Crippen molar-refractivity contribution in [2.45, 2.75) is 38.9 Å². The van der Waals surface area contributed by atoms with Crippen LogP contribution in [0.4, 0.5) is 0 Å². The van der Waals surface area contributed by atoms with Crippen molar-refractivity contribution in [3.8, 4) is 0 Å². The van der Waals surface area contributed by atoms with Crippen LogP contribution in [0.15, 0.2) is 0 Å². The molecule has 0 aromatic rings. The van der Waals surface area contributed by atoms with E-state index in [-0.39, 0.29) is 31.7 Å². The monoisotopic (exact) mass is 216 g/mol. The van der Waals surface area contributed by atoms with Crippen molar-refractivity contribution in [3.63, 3.8) is 0 Å². The maximum absolute atomic E-state index is 11.6. The van der Waals surface area contributed by atoms with E-state index >= 15 is 0 Å². The molecule has 5 heteroatoms. The van der Waals surface area contributed by atoms with E-state index in [2.05, 4.69) is 0 Å². The Kier molecular flexibility index (Phi) is 3.16. The molecule has 1 saturated carbocycles. The normalized spacial score (nSPS) is 30.0. The van der Waals surface area contributed by atoms with Crippen molar-refractivity contribution in [2.24, 2.45) is 5.41 Å². The smallest absolute Gasteiger partial charge is 0.319 e. The van der Waals surface area contributed by atoms with E-state index in [0.717, 1.165) is 0 Å². The molecule has 2 N–H and O–H groups in total. The van der Waals surface area contributed by atoms with E-state index < -0.39 is 17.2 Å². The Morgan fingerprint density at radius 2 is 2.13 bits per heavy atom. The number of esters is 1. The van der Waals surface area contributed by atoms with Gasteiger partial charge in [-0.05, 0) is 13.8 Å². The summed E-state index contributed by atoms with van der Waals surface area (Å²) in [5.41, 5.74) is -1.42. The number of hydrogen-bond donors (Lipinski definition) is 2. The highest BCUT2D eigenvalue weighted by atomic mass is 16.5. The number of Topliss-reactive ketones (excluding diaryl/α,β-unsaturated/α-hetero) is 1. The standard InChI is InChI=1S/C10H16O5/c1-3-15-8(12)9(2)6-10(13,14)5-4-7(9)11/h13-14H,3-6H2,1-2H3. The first-order valence-electron chi connectivity index (χ1n) is 4.97. The van der Waals surface area contributed by atoms with Crippen molar-refractivity contribution in [1.82, 2.24) is 0 Å². The molecule has 1 fully saturated rings. The minimum atomic E-state index is -1.95. The molecule has 0 radical (unpaired) electrons. The van der Waals surface area contributed by atoms with Gasteiger partial charge in [0.2, 0.25) is 0 Å². The fourth-order valence-electron chi connectivity index (χ4n) is 1.82. The first kappa shape index (κ1) is 12.1. The van der Waals surface area contributed by atoms with Crippen LogP contribution in [0.3, 0.4) is 0 Å². The highest BCUT2D eigenvalue weighted by Gasteiger charge is 2.51. The van der Waals surface area contributed by atoms with E-state index in [1.54, 1.807) is 6.92 Å². The molecule has 86 valence electrons. The third-order valence-corrected chi connectivity index (χ3v) is 2.73. The van der Waals surface area contributed by atoms with Crippen molar-refractivity contribution in [2.75, 3.05) is 6.61 Å². The Morgan fingerprint density at radius 1 is 1.53 bits per heavy atom. The molecule has 15 heavy (non-hydrogen) atoms. The van der Waals surface area contributed by atoms with Crippen LogP contribution in [0.2, 0.25) is 0 Å². The average Bonchev–Trinajstić information content (AvgIpc) is 2.12. The number of rotatable bonds is 2. The maximum atomic E-state index is 11.6. The molecule has 0 aromatic heterocycles. The molecule has 0 heterocycles. The second-order valence-electron chi connectivity index (χ2n) is 4.13. The van der Waals surface area contributed by atoms with Crippen molar-refractivity contribution in [3.05, 3.63) is 0 Å². The lowest BCUT2D eigenvalue weighted by Gasteiger charge is -2.37. The minimum Gasteiger partial charge on any atom is -0.465 e. The van der Waals surface area contributed by atoms with Crippen molar-refractivity contribution < 1.29 is 24.5 Å². The summed E-state index contributed by atoms with van der Waals surface area (Å²) in [6.07, 6.45) is -0.333. The molecule has 0 spiro atoms. The summed E-state index contributed by atoms with van der Waals surface area (Å²) >= 11 is 0. The van der Waals surface area contributed by atoms with Gasteiger partial charge in [-0.1, -0.05) is 0 Å². The number of carbonyl (C=O) groups is 2. The predicted molar refractivity (Wildman–Crippen MR) is 50.8 cm³/mol. The molecule has 1 unspecified atom stereocenters. The van der Waals surface area contributed by atoms with Crippen LogP contribution >= 0.6 is 0 Å². The Hall–Kier alpha value is -0.940. The Bertz CT molecular complexity index is 284. The lowest BCUT2D eigenvalue weighted by molar-refractivity contribution is -0.210. The zero-order valence-electron chi connectivity index (χ0n) is 8.95. The second-order valence-corrected chi connectivity index (χ2v) is 4.13. The van der Waals surface area contributed by atoms with Gasteiger partial charge in [0, 0.05) is 19.3 Å². The maximum Gasteiger partial charge on any atom is 0.319 e. The first-order chi connectivity index (χ1) is 6.82. The van der Waals surface area contributed by atoms with E-state index in [1.165, 1.54) is 6.92 Å². The molecule has 0 bridgehead atoms. The van der Waals surface area contributed by atoms with Crippen LogP contribution < -0.4 is 0 Å². The molecule has 0 saturated heterocycles. The van der Waals surface area contributed by atoms with Gasteiger partial charge in [0.05, 0.1) is 6.61 Å². The Labute approximate surface area is 88.0 Å². The number of carbonyl (C=O) groups excluding carboxylic acids is 2. The quantitative estimate of drug-likeness (QED) is 0.385. The van der Waals surface area contributed by atoms with Gasteiger partial charge in [-0.2, -0.15) is 0 Å². The largest absolute Gasteiger partial charge is 0.465 e. The van der Waals surface area contributed by atoms with Gasteiger partial charge in [0.15, 0.2) is 5.79 Å². The summed E-state index contributed by atoms with van der Waals surface area (Å²) in [5.74, 6) is -2.92. The number of ketones is 1. The third-order valence-electron chi connectivity index (χ3n) is 2.73. The fourth-order valence-corrected chi connectivity index (χ4v) is 1.82. The second kappa shape index (κ2) is 3.90. The van der Waals surface area contributed by atoms with Crippen LogP contribution in [0, 0.1) is 5.41 Å². The SMILES string of the molecule is CCOC(=O)C1(C)CC(O)(O)CCC1=O. The van der Waals surface area contributed by atoms with Crippen LogP contribution in [0.25, 0.3) is 0 Å². The minimum absolute atomic E-state index is 0.0116. The molecule has 0 aromatic carbocycles. The molecular weight excluding hydrogens is 200 g/mol. The number of ether oxygens (including phenoxy) is 1. The van der Waals surface area contributed by atoms with E-state index in [4.69, 9.17) is 4.74 Å². The molecule has 0 aliphatic heterocycles. The summed E-state index contributed by atoms with van der Waals surface area (Å²) in [6.45, 7) is 3.21. The summed E-state index contributed by atoms with van der Waals surface area (Å²) in [6, 6.07) is 0.